The van der Waals surface area contributed by atoms with Crippen LogP contribution < -0.4 is 14.8 Å². The lowest BCUT2D eigenvalue weighted by Crippen LogP contribution is -2.26. The summed E-state index contributed by atoms with van der Waals surface area (Å²) in [4.78, 5) is 12.5. The number of amides is 1. The number of hydrogen-bond donors (Lipinski definition) is 2. The first-order chi connectivity index (χ1) is 14.8. The summed E-state index contributed by atoms with van der Waals surface area (Å²) in [7, 11) is -2.29. The van der Waals surface area contributed by atoms with Gasteiger partial charge in [0.2, 0.25) is 0 Å². The summed E-state index contributed by atoms with van der Waals surface area (Å²) in [5, 5.41) is 3.11. The second kappa shape index (κ2) is 9.85. The molecule has 0 bridgehead atoms. The molecule has 1 amide bonds. The molecule has 0 spiro atoms. The van der Waals surface area contributed by atoms with E-state index >= 15 is 0 Å². The Labute approximate surface area is 187 Å². The predicted molar refractivity (Wildman–Crippen MR) is 122 cm³/mol. The van der Waals surface area contributed by atoms with Gasteiger partial charge < -0.3 is 10.1 Å². The number of halogens is 1. The predicted octanol–water partition coefficient (Wildman–Crippen LogP) is 4.43. The van der Waals surface area contributed by atoms with Crippen molar-refractivity contribution in [3.05, 3.63) is 88.4 Å². The molecular formula is C23H23ClN2O4S. The molecule has 0 aliphatic rings. The van der Waals surface area contributed by atoms with Crippen molar-refractivity contribution in [2.24, 2.45) is 0 Å². The quantitative estimate of drug-likeness (QED) is 0.523. The van der Waals surface area contributed by atoms with Gasteiger partial charge in [0.15, 0.2) is 0 Å². The van der Waals surface area contributed by atoms with E-state index in [2.05, 4.69) is 10.0 Å². The van der Waals surface area contributed by atoms with Gasteiger partial charge in [0, 0.05) is 12.1 Å². The Balaban J connectivity index is 1.69. The number of benzene rings is 3. The molecule has 162 valence electrons. The first-order valence-electron chi connectivity index (χ1n) is 9.59. The number of carbonyl (C=O) groups excluding carboxylic acids is 1. The maximum Gasteiger partial charge on any atom is 0.261 e. The fourth-order valence-corrected chi connectivity index (χ4v) is 4.43. The van der Waals surface area contributed by atoms with Crippen LogP contribution in [0.5, 0.6) is 5.75 Å². The zero-order chi connectivity index (χ0) is 22.4. The summed E-state index contributed by atoms with van der Waals surface area (Å²) >= 11 is 6.04. The Bertz CT molecular complexity index is 1200. The van der Waals surface area contributed by atoms with Gasteiger partial charge >= 0.3 is 0 Å². The summed E-state index contributed by atoms with van der Waals surface area (Å²) in [6.07, 6.45) is 0.586. The average Bonchev–Trinajstić information content (AvgIpc) is 2.75. The highest BCUT2D eigenvalue weighted by atomic mass is 35.5. The SMILES string of the molecule is COc1ccc(C)cc1CCNC(=O)c1cccc(S(=O)(=O)Nc2ccccc2Cl)c1. The van der Waals surface area contributed by atoms with Crippen LogP contribution in [-0.4, -0.2) is 28.0 Å². The normalized spacial score (nSPS) is 11.1. The van der Waals surface area contributed by atoms with E-state index in [-0.39, 0.29) is 27.1 Å². The number of carbonyl (C=O) groups is 1. The summed E-state index contributed by atoms with van der Waals surface area (Å²) in [5.41, 5.74) is 2.61. The number of anilines is 1. The van der Waals surface area contributed by atoms with Crippen LogP contribution in [0, 0.1) is 6.92 Å². The Morgan fingerprint density at radius 3 is 2.55 bits per heavy atom. The van der Waals surface area contributed by atoms with Crippen LogP contribution in [0.3, 0.4) is 0 Å². The molecule has 31 heavy (non-hydrogen) atoms. The summed E-state index contributed by atoms with van der Waals surface area (Å²) in [6, 6.07) is 18.3. The molecule has 0 fully saturated rings. The van der Waals surface area contributed by atoms with Crippen molar-refractivity contribution in [3.8, 4) is 5.75 Å². The maximum atomic E-state index is 12.7. The van der Waals surface area contributed by atoms with E-state index in [4.69, 9.17) is 16.3 Å². The zero-order valence-corrected chi connectivity index (χ0v) is 18.8. The number of sulfonamides is 1. The van der Waals surface area contributed by atoms with Crippen LogP contribution in [0.15, 0.2) is 71.6 Å². The molecule has 0 aliphatic heterocycles. The van der Waals surface area contributed by atoms with Crippen LogP contribution in [0.4, 0.5) is 5.69 Å². The number of aryl methyl sites for hydroxylation is 1. The highest BCUT2D eigenvalue weighted by Crippen LogP contribution is 2.24. The van der Waals surface area contributed by atoms with Gasteiger partial charge in [-0.1, -0.05) is 47.5 Å². The van der Waals surface area contributed by atoms with Crippen LogP contribution in [-0.2, 0) is 16.4 Å². The van der Waals surface area contributed by atoms with E-state index < -0.39 is 10.0 Å². The second-order valence-electron chi connectivity index (χ2n) is 6.93. The Kier molecular flexibility index (Phi) is 7.20. The van der Waals surface area contributed by atoms with Gasteiger partial charge in [0.05, 0.1) is 22.7 Å². The molecule has 0 saturated heterocycles. The molecule has 0 radical (unpaired) electrons. The molecule has 3 rings (SSSR count). The van der Waals surface area contributed by atoms with Gasteiger partial charge in [-0.05, 0) is 55.3 Å². The van der Waals surface area contributed by atoms with Crippen molar-refractivity contribution in [3.63, 3.8) is 0 Å². The molecule has 8 heteroatoms. The molecule has 0 saturated carbocycles. The molecule has 0 heterocycles. The average molecular weight is 459 g/mol. The Hall–Kier alpha value is -3.03. The first kappa shape index (κ1) is 22.7. The lowest BCUT2D eigenvalue weighted by Gasteiger charge is -2.12. The van der Waals surface area contributed by atoms with Gasteiger partial charge in [-0.15, -0.1) is 0 Å². The topological polar surface area (TPSA) is 84.5 Å². The van der Waals surface area contributed by atoms with E-state index in [0.717, 1.165) is 16.9 Å². The van der Waals surface area contributed by atoms with Crippen LogP contribution in [0.2, 0.25) is 5.02 Å². The van der Waals surface area contributed by atoms with Crippen LogP contribution in [0.1, 0.15) is 21.5 Å². The van der Waals surface area contributed by atoms with E-state index in [0.29, 0.717) is 13.0 Å². The number of nitrogens with one attached hydrogen (secondary N) is 2. The van der Waals surface area contributed by atoms with Crippen molar-refractivity contribution in [2.45, 2.75) is 18.2 Å². The van der Waals surface area contributed by atoms with Crippen LogP contribution >= 0.6 is 11.6 Å². The highest BCUT2D eigenvalue weighted by molar-refractivity contribution is 7.92. The molecule has 2 N–H and O–H groups in total. The van der Waals surface area contributed by atoms with Crippen molar-refractivity contribution < 1.29 is 17.9 Å². The third-order valence-corrected chi connectivity index (χ3v) is 6.33. The smallest absolute Gasteiger partial charge is 0.261 e. The van der Waals surface area contributed by atoms with Crippen molar-refractivity contribution in [1.82, 2.24) is 5.32 Å². The Morgan fingerprint density at radius 1 is 1.03 bits per heavy atom. The van der Waals surface area contributed by atoms with Crippen molar-refractivity contribution in [2.75, 3.05) is 18.4 Å². The van der Waals surface area contributed by atoms with E-state index in [1.54, 1.807) is 37.4 Å². The minimum atomic E-state index is -3.90. The zero-order valence-electron chi connectivity index (χ0n) is 17.2. The fourth-order valence-electron chi connectivity index (χ4n) is 3.07. The molecule has 3 aromatic rings. The summed E-state index contributed by atoms with van der Waals surface area (Å²) in [6.45, 7) is 2.37. The molecule has 0 aliphatic carbocycles. The van der Waals surface area contributed by atoms with E-state index in [9.17, 15) is 13.2 Å². The fraction of sp³-hybridized carbons (Fsp3) is 0.174. The lowest BCUT2D eigenvalue weighted by atomic mass is 10.1. The van der Waals surface area contributed by atoms with Gasteiger partial charge in [0.1, 0.15) is 5.75 Å². The third-order valence-electron chi connectivity index (χ3n) is 4.64. The second-order valence-corrected chi connectivity index (χ2v) is 9.02. The van der Waals surface area contributed by atoms with Gasteiger partial charge in [-0.3, -0.25) is 9.52 Å². The van der Waals surface area contributed by atoms with Crippen molar-refractivity contribution >= 4 is 33.2 Å². The maximum absolute atomic E-state index is 12.7. The van der Waals surface area contributed by atoms with E-state index in [1.165, 1.54) is 18.2 Å². The van der Waals surface area contributed by atoms with Crippen LogP contribution in [0.25, 0.3) is 0 Å². The number of rotatable bonds is 8. The monoisotopic (exact) mass is 458 g/mol. The highest BCUT2D eigenvalue weighted by Gasteiger charge is 2.17. The molecular weight excluding hydrogens is 436 g/mol. The largest absolute Gasteiger partial charge is 0.496 e. The standard InChI is InChI=1S/C23H23ClN2O4S/c1-16-10-11-22(30-2)17(14-16)12-13-25-23(27)18-6-5-7-19(15-18)31(28,29)26-21-9-4-3-8-20(21)24/h3-11,14-15,26H,12-13H2,1-2H3,(H,25,27). The minimum absolute atomic E-state index is 0.0274. The van der Waals surface area contributed by atoms with E-state index in [1.807, 2.05) is 25.1 Å². The van der Waals surface area contributed by atoms with Gasteiger partial charge in [0.25, 0.3) is 15.9 Å². The number of methoxy groups -OCH3 is 1. The molecule has 0 aromatic heterocycles. The summed E-state index contributed by atoms with van der Waals surface area (Å²) in [5.74, 6) is 0.403. The lowest BCUT2D eigenvalue weighted by molar-refractivity contribution is 0.0954. The first-order valence-corrected chi connectivity index (χ1v) is 11.5. The van der Waals surface area contributed by atoms with Gasteiger partial charge in [-0.2, -0.15) is 0 Å². The number of hydrogen-bond acceptors (Lipinski definition) is 4. The van der Waals surface area contributed by atoms with Crippen molar-refractivity contribution in [1.29, 1.82) is 0 Å². The molecule has 0 unspecified atom stereocenters. The Morgan fingerprint density at radius 2 is 1.81 bits per heavy atom. The summed E-state index contributed by atoms with van der Waals surface area (Å²) < 4.78 is 33.2. The number of ether oxygens (including phenoxy) is 1. The molecule has 6 nitrogen and oxygen atoms in total. The minimum Gasteiger partial charge on any atom is -0.496 e. The molecule has 3 aromatic carbocycles. The third kappa shape index (κ3) is 5.77. The van der Waals surface area contributed by atoms with Gasteiger partial charge in [-0.25, -0.2) is 8.42 Å². The number of para-hydroxylation sites is 1. The molecule has 0 atom stereocenters.